The fourth-order valence-electron chi connectivity index (χ4n) is 3.40. The van der Waals surface area contributed by atoms with Gasteiger partial charge in [0, 0.05) is 6.54 Å². The van der Waals surface area contributed by atoms with Crippen molar-refractivity contribution in [3.8, 4) is 0 Å². The van der Waals surface area contributed by atoms with Crippen LogP contribution in [0.4, 0.5) is 5.69 Å². The Morgan fingerprint density at radius 2 is 2.00 bits per heavy atom. The number of halogens is 1. The number of para-hydroxylation sites is 2. The van der Waals surface area contributed by atoms with Crippen molar-refractivity contribution >= 4 is 44.7 Å². The van der Waals surface area contributed by atoms with E-state index < -0.39 is 0 Å². The molecule has 4 nitrogen and oxygen atoms in total. The number of thiazole rings is 1. The van der Waals surface area contributed by atoms with Crippen molar-refractivity contribution in [3.05, 3.63) is 58.6 Å². The van der Waals surface area contributed by atoms with Crippen molar-refractivity contribution in [2.45, 2.75) is 25.3 Å². The van der Waals surface area contributed by atoms with Crippen LogP contribution in [0.15, 0.2) is 48.5 Å². The molecule has 0 aliphatic carbocycles. The molecule has 2 aromatic carbocycles. The third-order valence-electron chi connectivity index (χ3n) is 4.72. The topological polar surface area (TPSA) is 45.2 Å². The van der Waals surface area contributed by atoms with Gasteiger partial charge in [-0.3, -0.25) is 4.79 Å². The first-order valence-corrected chi connectivity index (χ1v) is 10.0. The van der Waals surface area contributed by atoms with Gasteiger partial charge in [-0.15, -0.1) is 11.3 Å². The molecule has 134 valence electrons. The number of nitrogens with zero attached hydrogens (tertiary/aromatic N) is 2. The van der Waals surface area contributed by atoms with Crippen molar-refractivity contribution in [1.82, 2.24) is 9.88 Å². The molecule has 1 saturated heterocycles. The first kappa shape index (κ1) is 17.3. The van der Waals surface area contributed by atoms with Gasteiger partial charge in [-0.1, -0.05) is 35.9 Å². The maximum atomic E-state index is 12.9. The molecule has 1 aliphatic rings. The van der Waals surface area contributed by atoms with Gasteiger partial charge in [0.1, 0.15) is 5.01 Å². The first-order valence-electron chi connectivity index (χ1n) is 8.86. The van der Waals surface area contributed by atoms with E-state index in [1.807, 2.05) is 47.4 Å². The summed E-state index contributed by atoms with van der Waals surface area (Å²) in [5.74, 6) is 0.0916. The number of anilines is 1. The number of benzene rings is 2. The average molecular weight is 386 g/mol. The smallest absolute Gasteiger partial charge is 0.242 e. The zero-order valence-corrected chi connectivity index (χ0v) is 15.9. The fourth-order valence-corrected chi connectivity index (χ4v) is 4.71. The number of piperidine rings is 1. The van der Waals surface area contributed by atoms with Crippen molar-refractivity contribution < 1.29 is 4.79 Å². The standard InChI is InChI=1S/C20H20ClN3OS/c21-14-7-1-2-8-15(14)22-13-19(25)24-12-6-5-10-17(24)20-23-16-9-3-4-11-18(16)26-20/h1-4,7-9,11,17,22H,5-6,10,12-13H2. The van der Waals surface area contributed by atoms with Crippen LogP contribution < -0.4 is 5.32 Å². The third kappa shape index (κ3) is 3.55. The largest absolute Gasteiger partial charge is 0.375 e. The Hall–Kier alpha value is -2.11. The fraction of sp³-hybridized carbons (Fsp3) is 0.300. The SMILES string of the molecule is O=C(CNc1ccccc1Cl)N1CCCCC1c1nc2ccccc2s1. The van der Waals surface area contributed by atoms with Crippen LogP contribution in [-0.2, 0) is 4.79 Å². The summed E-state index contributed by atoms with van der Waals surface area (Å²) in [5.41, 5.74) is 1.80. The Labute approximate surface area is 161 Å². The van der Waals surface area contributed by atoms with E-state index in [2.05, 4.69) is 11.4 Å². The summed E-state index contributed by atoms with van der Waals surface area (Å²) in [6.07, 6.45) is 3.14. The summed E-state index contributed by atoms with van der Waals surface area (Å²) in [4.78, 5) is 19.6. The van der Waals surface area contributed by atoms with Crippen molar-refractivity contribution in [1.29, 1.82) is 0 Å². The molecular formula is C20H20ClN3OS. The summed E-state index contributed by atoms with van der Waals surface area (Å²) in [7, 11) is 0. The van der Waals surface area contributed by atoms with E-state index in [1.54, 1.807) is 11.3 Å². The number of fused-ring (bicyclic) bond motifs is 1. The number of amides is 1. The average Bonchev–Trinajstić information content (AvgIpc) is 3.11. The van der Waals surface area contributed by atoms with Gasteiger partial charge in [0.2, 0.25) is 5.91 Å². The molecule has 1 aromatic heterocycles. The van der Waals surface area contributed by atoms with Gasteiger partial charge in [-0.05, 0) is 43.5 Å². The van der Waals surface area contributed by atoms with Gasteiger partial charge < -0.3 is 10.2 Å². The number of hydrogen-bond donors (Lipinski definition) is 1. The highest BCUT2D eigenvalue weighted by Gasteiger charge is 2.30. The number of aromatic nitrogens is 1. The van der Waals surface area contributed by atoms with E-state index in [9.17, 15) is 4.79 Å². The summed E-state index contributed by atoms with van der Waals surface area (Å²) >= 11 is 7.86. The molecule has 2 heterocycles. The highest BCUT2D eigenvalue weighted by atomic mass is 35.5. The number of likely N-dealkylation sites (tertiary alicyclic amines) is 1. The van der Waals surface area contributed by atoms with Crippen molar-refractivity contribution in [2.24, 2.45) is 0 Å². The van der Waals surface area contributed by atoms with Crippen LogP contribution >= 0.6 is 22.9 Å². The maximum absolute atomic E-state index is 12.9. The molecule has 1 unspecified atom stereocenters. The van der Waals surface area contributed by atoms with E-state index in [0.717, 1.165) is 42.0 Å². The summed E-state index contributed by atoms with van der Waals surface area (Å²) in [6.45, 7) is 1.02. The maximum Gasteiger partial charge on any atom is 0.242 e. The zero-order chi connectivity index (χ0) is 17.9. The van der Waals surface area contributed by atoms with Crippen LogP contribution in [-0.4, -0.2) is 28.9 Å². The molecule has 1 amide bonds. The van der Waals surface area contributed by atoms with Crippen LogP contribution in [0.5, 0.6) is 0 Å². The number of nitrogens with one attached hydrogen (secondary N) is 1. The molecular weight excluding hydrogens is 366 g/mol. The monoisotopic (exact) mass is 385 g/mol. The third-order valence-corrected chi connectivity index (χ3v) is 6.19. The van der Waals surface area contributed by atoms with Crippen LogP contribution in [0.2, 0.25) is 5.02 Å². The molecule has 6 heteroatoms. The minimum atomic E-state index is 0.0710. The molecule has 26 heavy (non-hydrogen) atoms. The van der Waals surface area contributed by atoms with Gasteiger partial charge >= 0.3 is 0 Å². The van der Waals surface area contributed by atoms with Gasteiger partial charge in [-0.25, -0.2) is 4.98 Å². The van der Waals surface area contributed by atoms with Gasteiger partial charge in [0.15, 0.2) is 0 Å². The molecule has 1 aliphatic heterocycles. The van der Waals surface area contributed by atoms with Gasteiger partial charge in [0.05, 0.1) is 33.5 Å². The number of rotatable bonds is 4. The number of carbonyl (C=O) groups excluding carboxylic acids is 1. The van der Waals surface area contributed by atoms with E-state index in [0.29, 0.717) is 5.02 Å². The molecule has 0 spiro atoms. The molecule has 3 aromatic rings. The first-order chi connectivity index (χ1) is 12.7. The Balaban J connectivity index is 1.51. The van der Waals surface area contributed by atoms with Crippen LogP contribution in [0.3, 0.4) is 0 Å². The van der Waals surface area contributed by atoms with Gasteiger partial charge in [0.25, 0.3) is 0 Å². The Kier molecular flexibility index (Phi) is 5.09. The molecule has 0 radical (unpaired) electrons. The molecule has 0 bridgehead atoms. The van der Waals surface area contributed by atoms with E-state index in [4.69, 9.17) is 16.6 Å². The molecule has 1 fully saturated rings. The van der Waals surface area contributed by atoms with Crippen LogP contribution in [0.1, 0.15) is 30.3 Å². The molecule has 1 atom stereocenters. The van der Waals surface area contributed by atoms with Crippen molar-refractivity contribution in [3.63, 3.8) is 0 Å². The Morgan fingerprint density at radius 3 is 2.85 bits per heavy atom. The minimum absolute atomic E-state index is 0.0710. The molecule has 1 N–H and O–H groups in total. The lowest BCUT2D eigenvalue weighted by atomic mass is 10.0. The van der Waals surface area contributed by atoms with E-state index in [-0.39, 0.29) is 18.5 Å². The number of hydrogen-bond acceptors (Lipinski definition) is 4. The summed E-state index contributed by atoms with van der Waals surface area (Å²) in [6, 6.07) is 15.7. The lowest BCUT2D eigenvalue weighted by Crippen LogP contribution is -2.41. The lowest BCUT2D eigenvalue weighted by Gasteiger charge is -2.34. The summed E-state index contributed by atoms with van der Waals surface area (Å²) < 4.78 is 1.18. The normalized spacial score (nSPS) is 17.4. The van der Waals surface area contributed by atoms with Gasteiger partial charge in [-0.2, -0.15) is 0 Å². The molecule has 0 saturated carbocycles. The second-order valence-corrected chi connectivity index (χ2v) is 7.92. The lowest BCUT2D eigenvalue weighted by molar-refractivity contribution is -0.133. The highest BCUT2D eigenvalue weighted by molar-refractivity contribution is 7.18. The minimum Gasteiger partial charge on any atom is -0.375 e. The van der Waals surface area contributed by atoms with Crippen LogP contribution in [0, 0.1) is 0 Å². The zero-order valence-electron chi connectivity index (χ0n) is 14.3. The van der Waals surface area contributed by atoms with E-state index in [1.165, 1.54) is 4.70 Å². The van der Waals surface area contributed by atoms with E-state index >= 15 is 0 Å². The quantitative estimate of drug-likeness (QED) is 0.678. The second-order valence-electron chi connectivity index (χ2n) is 6.45. The molecule has 4 rings (SSSR count). The Bertz CT molecular complexity index is 893. The number of carbonyl (C=O) groups is 1. The Morgan fingerprint density at radius 1 is 1.19 bits per heavy atom. The predicted molar refractivity (Wildman–Crippen MR) is 108 cm³/mol. The highest BCUT2D eigenvalue weighted by Crippen LogP contribution is 2.35. The van der Waals surface area contributed by atoms with Crippen molar-refractivity contribution in [2.75, 3.05) is 18.4 Å². The second kappa shape index (κ2) is 7.64. The summed E-state index contributed by atoms with van der Waals surface area (Å²) in [5, 5.41) is 4.83. The van der Waals surface area contributed by atoms with Crippen LogP contribution in [0.25, 0.3) is 10.2 Å². The predicted octanol–water partition coefficient (Wildman–Crippen LogP) is 5.12.